The average Bonchev–Trinajstić information content (AvgIpc) is 3.36. The SMILES string of the molecule is C=NOCCCCCC(=O)N1CCC(SCc2c(OC)ccc3c4c([nH]c23)S(=O)C[C@@H]2NC(=O)CNC(=O)[C@H]([C@@H](C)CC)CC(=O)CNC(=O)[C@@H](CC(=O)[C@H]([C@@H](C)[C@@H](O)CO)NC(=O)[C@@H]3C[C@@H](O)CN3C(=O)[C@H](CC(N)=O)NC2=O)C4)CC1. The molecular formula is C55H80N10O16S2. The van der Waals surface area contributed by atoms with Crippen molar-refractivity contribution < 1.29 is 77.0 Å². The number of unbranched alkanes of at least 4 members (excludes halogenated alkanes) is 2. The molecule has 0 saturated carbocycles. The number of H-pyrrole nitrogens is 1. The van der Waals surface area contributed by atoms with Gasteiger partial charge in [0.1, 0.15) is 35.5 Å². The van der Waals surface area contributed by atoms with Gasteiger partial charge in [-0.3, -0.25) is 52.2 Å². The number of nitrogens with one attached hydrogen (secondary N) is 6. The standard InChI is InChI=1S/C55H80N10O16S2/c1-6-29(2)36-20-32(67)23-58-50(74)31-18-37-35-11-12-44(80-5)38(27-82-34-13-15-64(16-14-34)47(73)10-8-7-9-17-81-57-4)49(35)63-54(37)83(79)28-40(60-46(72)24-59-51(36)75)52(76)61-39(22-45(56)71)55(78)65-25-33(68)21-41(65)53(77)62-48(42(69)19-31)30(3)43(70)26-66/h11-12,29-31,33-34,36,39-41,43,48,63,66,68,70H,4,6-10,13-28H2,1-3,5H3,(H2,56,71)(H,58,74)(H,59,75)(H,60,72)(H,61,76)(H,62,77)/t29-,30-,31+,33+,36-,39-,40-,41-,43-,48-,83?/m0/s1. The number of likely N-dealkylation sites (tertiary alicyclic amines) is 1. The highest BCUT2D eigenvalue weighted by atomic mass is 32.2. The minimum atomic E-state index is -2.39. The summed E-state index contributed by atoms with van der Waals surface area (Å²) in [6.07, 6.45) is -1.22. The average molecular weight is 1200 g/mol. The Kier molecular flexibility index (Phi) is 24.4. The Bertz CT molecular complexity index is 2750. The van der Waals surface area contributed by atoms with Gasteiger partial charge in [-0.05, 0) is 62.1 Å². The number of Topliss-reactive ketones (excluding diaryl/α,β-unsaturated/α-hetero) is 2. The van der Waals surface area contributed by atoms with Gasteiger partial charge in [-0.1, -0.05) is 27.2 Å². The van der Waals surface area contributed by atoms with Gasteiger partial charge in [-0.15, -0.1) is 5.16 Å². The van der Waals surface area contributed by atoms with Crippen LogP contribution in [0.2, 0.25) is 0 Å². The summed E-state index contributed by atoms with van der Waals surface area (Å²) in [5.74, 6) is -12.3. The summed E-state index contributed by atoms with van der Waals surface area (Å²) in [7, 11) is -0.921. The van der Waals surface area contributed by atoms with Crippen molar-refractivity contribution >= 4 is 99.0 Å². The van der Waals surface area contributed by atoms with Crippen LogP contribution in [0, 0.1) is 23.7 Å². The summed E-state index contributed by atoms with van der Waals surface area (Å²) in [4.78, 5) is 152. The Morgan fingerprint density at radius 2 is 1.66 bits per heavy atom. The molecule has 2 aromatic rings. The molecule has 6 rings (SSSR count). The van der Waals surface area contributed by atoms with E-state index in [-0.39, 0.29) is 28.2 Å². The molecule has 2 saturated heterocycles. The zero-order valence-corrected chi connectivity index (χ0v) is 49.1. The molecule has 2 fully saturated rings. The molecule has 26 nitrogen and oxygen atoms in total. The third-order valence-corrected chi connectivity index (χ3v) is 19.0. The van der Waals surface area contributed by atoms with Crippen LogP contribution in [0.15, 0.2) is 22.3 Å². The van der Waals surface area contributed by atoms with Crippen LogP contribution in [0.25, 0.3) is 10.9 Å². The smallest absolute Gasteiger partial charge is 0.246 e. The zero-order chi connectivity index (χ0) is 60.7. The van der Waals surface area contributed by atoms with Crippen molar-refractivity contribution in [3.05, 3.63) is 23.3 Å². The minimum absolute atomic E-state index is 0.0656. The summed E-state index contributed by atoms with van der Waals surface area (Å²) in [6, 6.07) is -3.55. The molecule has 8 amide bonds. The maximum Gasteiger partial charge on any atom is 0.246 e. The van der Waals surface area contributed by atoms with E-state index in [9.17, 15) is 63.3 Å². The van der Waals surface area contributed by atoms with E-state index < -0.39 is 181 Å². The van der Waals surface area contributed by atoms with Crippen LogP contribution in [0.3, 0.4) is 0 Å². The molecule has 4 aliphatic heterocycles. The molecule has 458 valence electrons. The number of nitrogens with two attached hydrogens (primary N) is 1. The summed E-state index contributed by atoms with van der Waals surface area (Å²) in [5, 5.41) is 48.5. The molecule has 1 aromatic heterocycles. The predicted octanol–water partition coefficient (Wildman–Crippen LogP) is -1.02. The van der Waals surface area contributed by atoms with Crippen LogP contribution in [-0.4, -0.2) is 200 Å². The Morgan fingerprint density at radius 1 is 0.940 bits per heavy atom. The summed E-state index contributed by atoms with van der Waals surface area (Å²) in [6.45, 7) is 7.00. The highest BCUT2D eigenvalue weighted by Crippen LogP contribution is 2.39. The van der Waals surface area contributed by atoms with Gasteiger partial charge in [0.2, 0.25) is 47.3 Å². The number of aromatic nitrogens is 1. The van der Waals surface area contributed by atoms with E-state index >= 15 is 4.21 Å². The number of methoxy groups -OCH3 is 1. The number of primary amides is 1. The zero-order valence-electron chi connectivity index (χ0n) is 47.4. The lowest BCUT2D eigenvalue weighted by Gasteiger charge is -2.32. The maximum absolute atomic E-state index is 15.4. The number of carbonyl (C=O) groups excluding carboxylic acids is 10. The van der Waals surface area contributed by atoms with Crippen molar-refractivity contribution in [2.75, 3.05) is 58.8 Å². The van der Waals surface area contributed by atoms with Crippen LogP contribution in [0.1, 0.15) is 103 Å². The van der Waals surface area contributed by atoms with Crippen molar-refractivity contribution in [1.29, 1.82) is 0 Å². The first-order chi connectivity index (χ1) is 39.6. The maximum atomic E-state index is 15.4. The predicted molar refractivity (Wildman–Crippen MR) is 304 cm³/mol. The van der Waals surface area contributed by atoms with Crippen LogP contribution in [0.4, 0.5) is 0 Å². The van der Waals surface area contributed by atoms with E-state index in [1.165, 1.54) is 14.0 Å². The Morgan fingerprint density at radius 3 is 2.34 bits per heavy atom. The van der Waals surface area contributed by atoms with E-state index in [2.05, 4.69) is 43.4 Å². The van der Waals surface area contributed by atoms with Gasteiger partial charge in [0.25, 0.3) is 0 Å². The van der Waals surface area contributed by atoms with Gasteiger partial charge >= 0.3 is 0 Å². The topological polar surface area (TPSA) is 388 Å². The van der Waals surface area contributed by atoms with Gasteiger partial charge in [0.05, 0.1) is 73.5 Å². The minimum Gasteiger partial charge on any atom is -0.496 e. The number of carbonyl (C=O) groups is 10. The summed E-state index contributed by atoms with van der Waals surface area (Å²) >= 11 is 1.61. The van der Waals surface area contributed by atoms with Crippen LogP contribution >= 0.6 is 11.8 Å². The van der Waals surface area contributed by atoms with Crippen molar-refractivity contribution in [2.45, 2.75) is 150 Å². The molecule has 5 heterocycles. The second-order valence-corrected chi connectivity index (χ2v) is 24.6. The first-order valence-corrected chi connectivity index (χ1v) is 30.6. The third kappa shape index (κ3) is 17.3. The highest BCUT2D eigenvalue weighted by molar-refractivity contribution is 7.99. The molecule has 11 N–H and O–H groups in total. The molecule has 28 heteroatoms. The fraction of sp³-hybridized carbons (Fsp3) is 0.655. The van der Waals surface area contributed by atoms with Crippen molar-refractivity contribution in [1.82, 2.24) is 41.4 Å². The van der Waals surface area contributed by atoms with E-state index in [1.54, 1.807) is 37.7 Å². The number of nitrogens with zero attached hydrogens (tertiary/aromatic N) is 3. The number of aliphatic hydroxyl groups is 3. The van der Waals surface area contributed by atoms with Crippen LogP contribution in [0.5, 0.6) is 5.75 Å². The second-order valence-electron chi connectivity index (χ2n) is 21.9. The fourth-order valence-electron chi connectivity index (χ4n) is 11.0. The second kappa shape index (κ2) is 30.9. The van der Waals surface area contributed by atoms with Gasteiger partial charge in [0, 0.05) is 91.7 Å². The molecule has 4 aliphatic rings. The number of amides is 8. The van der Waals surface area contributed by atoms with E-state index in [0.717, 1.165) is 17.7 Å². The number of aliphatic hydroxyl groups excluding tert-OH is 3. The van der Waals surface area contributed by atoms with Crippen molar-refractivity contribution in [3.63, 3.8) is 0 Å². The Labute approximate surface area is 488 Å². The normalized spacial score (nSPS) is 26.1. The first-order valence-electron chi connectivity index (χ1n) is 28.2. The number of piperidine rings is 1. The molecule has 11 atom stereocenters. The number of rotatable bonds is 18. The third-order valence-electron chi connectivity index (χ3n) is 16.1. The fourth-order valence-corrected chi connectivity index (χ4v) is 13.6. The first kappa shape index (κ1) is 65.7. The number of fused-ring (bicyclic) bond motifs is 5. The number of ketones is 2. The van der Waals surface area contributed by atoms with Crippen LogP contribution < -0.4 is 37.1 Å². The highest BCUT2D eigenvalue weighted by Gasteiger charge is 2.45. The van der Waals surface area contributed by atoms with E-state index in [1.807, 2.05) is 4.90 Å². The van der Waals surface area contributed by atoms with Gasteiger partial charge in [-0.2, -0.15) is 11.8 Å². The number of hydrogen-bond donors (Lipinski definition) is 10. The Hall–Kier alpha value is -6.49. The number of thioether (sulfide) groups is 1. The van der Waals surface area contributed by atoms with E-state index in [0.29, 0.717) is 79.8 Å². The van der Waals surface area contributed by atoms with E-state index in [4.69, 9.17) is 15.3 Å². The monoisotopic (exact) mass is 1200 g/mol. The van der Waals surface area contributed by atoms with Gasteiger partial charge < -0.3 is 72.0 Å². The lowest BCUT2D eigenvalue weighted by molar-refractivity contribution is -0.144. The Balaban J connectivity index is 1.48. The lowest BCUT2D eigenvalue weighted by Crippen LogP contribution is -2.60. The molecular weight excluding hydrogens is 1120 g/mol. The van der Waals surface area contributed by atoms with Crippen molar-refractivity contribution in [3.8, 4) is 5.75 Å². The number of ether oxygens (including phenoxy) is 1. The molecule has 0 radical (unpaired) electrons. The largest absolute Gasteiger partial charge is 0.496 e. The lowest BCUT2D eigenvalue weighted by atomic mass is 9.85. The quantitative estimate of drug-likeness (QED) is 0.0485. The molecule has 0 spiro atoms. The number of hydrogen-bond acceptors (Lipinski definition) is 18. The number of oxime groups is 1. The summed E-state index contributed by atoms with van der Waals surface area (Å²) < 4.78 is 21.3. The van der Waals surface area contributed by atoms with Gasteiger partial charge in [-0.25, -0.2) is 0 Å². The van der Waals surface area contributed by atoms with Crippen molar-refractivity contribution in [2.24, 2.45) is 34.6 Å². The molecule has 1 unspecified atom stereocenters. The van der Waals surface area contributed by atoms with Crippen LogP contribution in [-0.2, 0) is 75.8 Å². The molecule has 0 aliphatic carbocycles. The molecule has 83 heavy (non-hydrogen) atoms. The molecule has 1 aromatic carbocycles. The summed E-state index contributed by atoms with van der Waals surface area (Å²) in [5.41, 5.74) is 6.83. The van der Waals surface area contributed by atoms with Gasteiger partial charge in [0.15, 0.2) is 11.6 Å². The number of benzene rings is 1. The molecule has 2 bridgehead atoms. The number of aromatic amines is 1.